The Kier molecular flexibility index (Phi) is 6.43. The number of sulfonamides is 1. The topological polar surface area (TPSA) is 66.5 Å². The summed E-state index contributed by atoms with van der Waals surface area (Å²) >= 11 is 5.73. The molecule has 30 heavy (non-hydrogen) atoms. The number of rotatable bonds is 6. The van der Waals surface area contributed by atoms with Gasteiger partial charge in [0.2, 0.25) is 10.0 Å². The van der Waals surface area contributed by atoms with Gasteiger partial charge in [-0.1, -0.05) is 35.9 Å². The molecule has 0 saturated carbocycles. The third kappa shape index (κ3) is 5.17. The first-order valence-electron chi connectivity index (χ1n) is 9.04. The van der Waals surface area contributed by atoms with Crippen molar-refractivity contribution in [2.24, 2.45) is 0 Å². The van der Waals surface area contributed by atoms with Gasteiger partial charge in [0.1, 0.15) is 5.82 Å². The van der Waals surface area contributed by atoms with Gasteiger partial charge in [-0.3, -0.25) is 9.10 Å². The predicted octanol–water partition coefficient (Wildman–Crippen LogP) is 5.01. The van der Waals surface area contributed by atoms with Gasteiger partial charge in [-0.15, -0.1) is 0 Å². The number of carbonyl (C=O) groups excluding carboxylic acids is 1. The normalized spacial score (nSPS) is 11.2. The van der Waals surface area contributed by atoms with E-state index in [0.29, 0.717) is 16.9 Å². The molecule has 5 nitrogen and oxygen atoms in total. The van der Waals surface area contributed by atoms with E-state index in [1.165, 1.54) is 28.6 Å². The SMILES string of the molecule is Cc1ccccc1CN(c1ccc(C(=O)Nc2ccc(F)c(Cl)c2)cc1)S(C)(=O)=O. The lowest BCUT2D eigenvalue weighted by Crippen LogP contribution is -2.29. The number of aryl methyl sites for hydroxylation is 1. The highest BCUT2D eigenvalue weighted by molar-refractivity contribution is 7.92. The van der Waals surface area contributed by atoms with Crippen LogP contribution in [0.25, 0.3) is 0 Å². The van der Waals surface area contributed by atoms with E-state index >= 15 is 0 Å². The average molecular weight is 447 g/mol. The fourth-order valence-electron chi connectivity index (χ4n) is 2.90. The van der Waals surface area contributed by atoms with Crippen LogP contribution in [0.1, 0.15) is 21.5 Å². The lowest BCUT2D eigenvalue weighted by molar-refractivity contribution is 0.102. The van der Waals surface area contributed by atoms with Gasteiger partial charge in [0.15, 0.2) is 0 Å². The van der Waals surface area contributed by atoms with E-state index in [4.69, 9.17) is 11.6 Å². The molecule has 3 aromatic rings. The van der Waals surface area contributed by atoms with Crippen molar-refractivity contribution in [3.63, 3.8) is 0 Å². The van der Waals surface area contributed by atoms with Crippen LogP contribution >= 0.6 is 11.6 Å². The zero-order valence-electron chi connectivity index (χ0n) is 16.4. The molecule has 8 heteroatoms. The fraction of sp³-hybridized carbons (Fsp3) is 0.136. The Bertz CT molecular complexity index is 1180. The summed E-state index contributed by atoms with van der Waals surface area (Å²) in [6.07, 6.45) is 1.14. The van der Waals surface area contributed by atoms with Crippen molar-refractivity contribution in [1.29, 1.82) is 0 Å². The molecule has 0 bridgehead atoms. The number of amides is 1. The van der Waals surface area contributed by atoms with Crippen LogP contribution in [0.5, 0.6) is 0 Å². The first-order valence-corrected chi connectivity index (χ1v) is 11.3. The monoisotopic (exact) mass is 446 g/mol. The molecule has 0 aliphatic carbocycles. The van der Waals surface area contributed by atoms with E-state index in [2.05, 4.69) is 5.32 Å². The molecule has 0 atom stereocenters. The minimum absolute atomic E-state index is 0.0943. The molecule has 1 N–H and O–H groups in total. The number of nitrogens with zero attached hydrogens (tertiary/aromatic N) is 1. The van der Waals surface area contributed by atoms with Gasteiger partial charge in [0.05, 0.1) is 23.5 Å². The number of benzene rings is 3. The highest BCUT2D eigenvalue weighted by Crippen LogP contribution is 2.24. The third-order valence-corrected chi connectivity index (χ3v) is 6.00. The Balaban J connectivity index is 1.81. The molecule has 0 heterocycles. The number of halogens is 2. The van der Waals surface area contributed by atoms with Gasteiger partial charge in [0.25, 0.3) is 5.91 Å². The van der Waals surface area contributed by atoms with E-state index in [0.717, 1.165) is 23.4 Å². The smallest absolute Gasteiger partial charge is 0.255 e. The molecule has 0 fully saturated rings. The summed E-state index contributed by atoms with van der Waals surface area (Å²) in [5, 5.41) is 2.54. The van der Waals surface area contributed by atoms with Gasteiger partial charge in [-0.05, 0) is 60.5 Å². The maximum atomic E-state index is 13.3. The summed E-state index contributed by atoms with van der Waals surface area (Å²) in [6, 6.07) is 17.7. The lowest BCUT2D eigenvalue weighted by Gasteiger charge is -2.23. The summed E-state index contributed by atoms with van der Waals surface area (Å²) in [5.74, 6) is -0.998. The van der Waals surface area contributed by atoms with Crippen molar-refractivity contribution in [2.45, 2.75) is 13.5 Å². The van der Waals surface area contributed by atoms with Crippen molar-refractivity contribution in [1.82, 2.24) is 0 Å². The van der Waals surface area contributed by atoms with Crippen LogP contribution in [0.2, 0.25) is 5.02 Å². The molecule has 0 spiro atoms. The average Bonchev–Trinajstić information content (AvgIpc) is 2.69. The first-order chi connectivity index (χ1) is 14.1. The van der Waals surface area contributed by atoms with Crippen molar-refractivity contribution < 1.29 is 17.6 Å². The van der Waals surface area contributed by atoms with Crippen LogP contribution in [-0.4, -0.2) is 20.6 Å². The van der Waals surface area contributed by atoms with Crippen LogP contribution in [0, 0.1) is 12.7 Å². The molecule has 1 amide bonds. The Morgan fingerprint density at radius 1 is 1.07 bits per heavy atom. The third-order valence-electron chi connectivity index (χ3n) is 4.57. The Hall–Kier alpha value is -2.90. The Labute approximate surface area is 180 Å². The highest BCUT2D eigenvalue weighted by atomic mass is 35.5. The Morgan fingerprint density at radius 3 is 2.33 bits per heavy atom. The number of nitrogens with one attached hydrogen (secondary N) is 1. The molecule has 0 aliphatic rings. The summed E-state index contributed by atoms with van der Waals surface area (Å²) in [7, 11) is -3.54. The molecule has 3 rings (SSSR count). The molecule has 0 aliphatic heterocycles. The van der Waals surface area contributed by atoms with Gasteiger partial charge in [-0.2, -0.15) is 0 Å². The van der Waals surface area contributed by atoms with Crippen LogP contribution in [0.3, 0.4) is 0 Å². The van der Waals surface area contributed by atoms with Crippen molar-refractivity contribution in [3.8, 4) is 0 Å². The van der Waals surface area contributed by atoms with Crippen LogP contribution < -0.4 is 9.62 Å². The van der Waals surface area contributed by atoms with Gasteiger partial charge in [-0.25, -0.2) is 12.8 Å². The molecule has 3 aromatic carbocycles. The zero-order chi connectivity index (χ0) is 21.9. The van der Waals surface area contributed by atoms with E-state index in [1.54, 1.807) is 12.1 Å². The van der Waals surface area contributed by atoms with Crippen LogP contribution in [0.4, 0.5) is 15.8 Å². The fourth-order valence-corrected chi connectivity index (χ4v) is 3.96. The number of hydrogen-bond donors (Lipinski definition) is 1. The van der Waals surface area contributed by atoms with Crippen LogP contribution in [-0.2, 0) is 16.6 Å². The molecule has 0 saturated heterocycles. The van der Waals surface area contributed by atoms with E-state index < -0.39 is 21.7 Å². The minimum atomic E-state index is -3.54. The van der Waals surface area contributed by atoms with Gasteiger partial charge < -0.3 is 5.32 Å². The molecular weight excluding hydrogens is 427 g/mol. The number of anilines is 2. The first kappa shape index (κ1) is 21.8. The molecular formula is C22H20ClFN2O3S. The van der Waals surface area contributed by atoms with E-state index in [1.807, 2.05) is 31.2 Å². The summed E-state index contributed by atoms with van der Waals surface area (Å²) in [4.78, 5) is 12.4. The molecule has 0 aromatic heterocycles. The maximum absolute atomic E-state index is 13.3. The number of carbonyl (C=O) groups is 1. The maximum Gasteiger partial charge on any atom is 0.255 e. The van der Waals surface area contributed by atoms with Crippen molar-refractivity contribution in [2.75, 3.05) is 15.9 Å². The largest absolute Gasteiger partial charge is 0.322 e. The summed E-state index contributed by atoms with van der Waals surface area (Å²) < 4.78 is 39.3. The van der Waals surface area contributed by atoms with Gasteiger partial charge >= 0.3 is 0 Å². The number of hydrogen-bond acceptors (Lipinski definition) is 3. The second-order valence-electron chi connectivity index (χ2n) is 6.83. The molecule has 156 valence electrons. The predicted molar refractivity (Wildman–Crippen MR) is 118 cm³/mol. The molecule has 0 radical (unpaired) electrons. The standard InChI is InChI=1S/C22H20ClFN2O3S/c1-15-5-3-4-6-17(15)14-26(30(2,28)29)19-10-7-16(8-11-19)22(27)25-18-9-12-21(24)20(23)13-18/h3-13H,14H2,1-2H3,(H,25,27). The Morgan fingerprint density at radius 2 is 1.73 bits per heavy atom. The minimum Gasteiger partial charge on any atom is -0.322 e. The molecule has 0 unspecified atom stereocenters. The van der Waals surface area contributed by atoms with Gasteiger partial charge in [0, 0.05) is 11.3 Å². The second-order valence-corrected chi connectivity index (χ2v) is 9.14. The van der Waals surface area contributed by atoms with Crippen LogP contribution in [0.15, 0.2) is 66.7 Å². The van der Waals surface area contributed by atoms with Crippen molar-refractivity contribution >= 4 is 38.9 Å². The highest BCUT2D eigenvalue weighted by Gasteiger charge is 2.19. The zero-order valence-corrected chi connectivity index (χ0v) is 18.0. The summed E-state index contributed by atoms with van der Waals surface area (Å²) in [6.45, 7) is 2.11. The van der Waals surface area contributed by atoms with E-state index in [-0.39, 0.29) is 11.6 Å². The second kappa shape index (κ2) is 8.85. The summed E-state index contributed by atoms with van der Waals surface area (Å²) in [5.41, 5.74) is 3.00. The quantitative estimate of drug-likeness (QED) is 0.579. The van der Waals surface area contributed by atoms with Crippen molar-refractivity contribution in [3.05, 3.63) is 94.3 Å². The lowest BCUT2D eigenvalue weighted by atomic mass is 10.1. The van der Waals surface area contributed by atoms with E-state index in [9.17, 15) is 17.6 Å².